The second-order valence-electron chi connectivity index (χ2n) is 6.49. The van der Waals surface area contributed by atoms with Gasteiger partial charge in [-0.1, -0.05) is 11.2 Å². The van der Waals surface area contributed by atoms with Crippen LogP contribution < -0.4 is 9.47 Å². The molecule has 0 spiro atoms. The van der Waals surface area contributed by atoms with Crippen LogP contribution in [0.5, 0.6) is 11.5 Å². The van der Waals surface area contributed by atoms with E-state index < -0.39 is 0 Å². The third-order valence-corrected chi connectivity index (χ3v) is 4.70. The summed E-state index contributed by atoms with van der Waals surface area (Å²) in [4.78, 5) is 18.8. The number of piperidine rings is 1. The lowest BCUT2D eigenvalue weighted by atomic mass is 9.96. The first-order valence-corrected chi connectivity index (χ1v) is 8.65. The molecule has 2 aromatic rings. The topological polar surface area (TPSA) is 77.7 Å². The van der Waals surface area contributed by atoms with E-state index in [4.69, 9.17) is 14.0 Å². The normalized spacial score (nSPS) is 17.6. The molecule has 7 heteroatoms. The smallest absolute Gasteiger partial charge is 0.229 e. The molecule has 2 aliphatic rings. The zero-order valence-electron chi connectivity index (χ0n) is 14.2. The molecule has 0 atom stereocenters. The van der Waals surface area contributed by atoms with E-state index in [1.807, 2.05) is 30.0 Å². The van der Waals surface area contributed by atoms with Crippen molar-refractivity contribution in [3.8, 4) is 11.5 Å². The Morgan fingerprint density at radius 2 is 1.96 bits per heavy atom. The second-order valence-corrected chi connectivity index (χ2v) is 6.49. The lowest BCUT2D eigenvalue weighted by Gasteiger charge is -2.30. The van der Waals surface area contributed by atoms with E-state index in [9.17, 15) is 4.79 Å². The predicted octanol–water partition coefficient (Wildman–Crippen LogP) is 2.10. The Hall–Kier alpha value is -2.57. The molecule has 132 valence electrons. The van der Waals surface area contributed by atoms with Crippen molar-refractivity contribution in [3.05, 3.63) is 35.5 Å². The van der Waals surface area contributed by atoms with Gasteiger partial charge in [0.2, 0.25) is 11.8 Å². The minimum Gasteiger partial charge on any atom is -0.486 e. The zero-order valence-corrected chi connectivity index (χ0v) is 14.2. The Bertz CT molecular complexity index is 765. The van der Waals surface area contributed by atoms with Gasteiger partial charge < -0.3 is 18.9 Å². The number of ether oxygens (including phenoxy) is 2. The summed E-state index contributed by atoms with van der Waals surface area (Å²) in [6.45, 7) is 4.37. The molecule has 0 saturated carbocycles. The highest BCUT2D eigenvalue weighted by molar-refractivity contribution is 5.79. The van der Waals surface area contributed by atoms with Crippen molar-refractivity contribution in [3.63, 3.8) is 0 Å². The number of amides is 1. The zero-order chi connectivity index (χ0) is 17.2. The molecule has 4 rings (SSSR count). The van der Waals surface area contributed by atoms with Gasteiger partial charge in [0.25, 0.3) is 0 Å². The average molecular weight is 343 g/mol. The molecule has 0 N–H and O–H groups in total. The van der Waals surface area contributed by atoms with Gasteiger partial charge in [-0.05, 0) is 37.5 Å². The molecule has 1 aromatic carbocycles. The molecule has 1 fully saturated rings. The number of hydrogen-bond acceptors (Lipinski definition) is 6. The van der Waals surface area contributed by atoms with Gasteiger partial charge >= 0.3 is 0 Å². The van der Waals surface area contributed by atoms with E-state index in [1.165, 1.54) is 0 Å². The van der Waals surface area contributed by atoms with Crippen LogP contribution in [0.4, 0.5) is 0 Å². The number of aryl methyl sites for hydroxylation is 1. The fourth-order valence-corrected chi connectivity index (χ4v) is 3.34. The molecule has 0 unspecified atom stereocenters. The molecule has 3 heterocycles. The van der Waals surface area contributed by atoms with Crippen molar-refractivity contribution in [2.24, 2.45) is 0 Å². The van der Waals surface area contributed by atoms with Gasteiger partial charge in [0.05, 0.1) is 6.42 Å². The van der Waals surface area contributed by atoms with Crippen molar-refractivity contribution in [2.45, 2.75) is 32.1 Å². The maximum atomic E-state index is 12.6. The number of fused-ring (bicyclic) bond motifs is 1. The Morgan fingerprint density at radius 1 is 1.20 bits per heavy atom. The highest BCUT2D eigenvalue weighted by atomic mass is 16.6. The average Bonchev–Trinajstić information content (AvgIpc) is 3.08. The Balaban J connectivity index is 1.34. The fraction of sp³-hybridized carbons (Fsp3) is 0.500. The van der Waals surface area contributed by atoms with Crippen LogP contribution in [0.1, 0.15) is 36.0 Å². The molecule has 25 heavy (non-hydrogen) atoms. The van der Waals surface area contributed by atoms with Crippen LogP contribution in [0, 0.1) is 6.92 Å². The summed E-state index contributed by atoms with van der Waals surface area (Å²) < 4.78 is 16.4. The van der Waals surface area contributed by atoms with Gasteiger partial charge in [0, 0.05) is 19.0 Å². The van der Waals surface area contributed by atoms with Crippen LogP contribution >= 0.6 is 0 Å². The summed E-state index contributed by atoms with van der Waals surface area (Å²) in [5, 5.41) is 3.85. The van der Waals surface area contributed by atoms with Gasteiger partial charge in [0.15, 0.2) is 17.3 Å². The molecule has 0 aliphatic carbocycles. The van der Waals surface area contributed by atoms with Gasteiger partial charge in [-0.15, -0.1) is 0 Å². The van der Waals surface area contributed by atoms with E-state index in [0.717, 1.165) is 43.0 Å². The summed E-state index contributed by atoms with van der Waals surface area (Å²) in [5.74, 6) is 3.21. The number of rotatable bonds is 3. The fourth-order valence-electron chi connectivity index (χ4n) is 3.34. The molecule has 0 radical (unpaired) electrons. The third-order valence-electron chi connectivity index (χ3n) is 4.70. The first-order valence-electron chi connectivity index (χ1n) is 8.65. The molecule has 2 aliphatic heterocycles. The molecule has 1 saturated heterocycles. The maximum absolute atomic E-state index is 12.6. The van der Waals surface area contributed by atoms with Gasteiger partial charge in [0.1, 0.15) is 13.2 Å². The molecular formula is C18H21N3O4. The van der Waals surface area contributed by atoms with Crippen LogP contribution in [0.2, 0.25) is 0 Å². The van der Waals surface area contributed by atoms with Gasteiger partial charge in [-0.25, -0.2) is 0 Å². The monoisotopic (exact) mass is 343 g/mol. The van der Waals surface area contributed by atoms with Crippen molar-refractivity contribution in [2.75, 3.05) is 26.3 Å². The number of carbonyl (C=O) groups is 1. The number of carbonyl (C=O) groups excluding carboxylic acids is 1. The molecule has 1 aromatic heterocycles. The van der Waals surface area contributed by atoms with Crippen molar-refractivity contribution < 1.29 is 18.8 Å². The van der Waals surface area contributed by atoms with E-state index in [1.54, 1.807) is 0 Å². The number of likely N-dealkylation sites (tertiary alicyclic amines) is 1. The summed E-state index contributed by atoms with van der Waals surface area (Å²) in [5.41, 5.74) is 0.948. The SMILES string of the molecule is Cc1noc(C2CCN(C(=O)Cc3ccc4c(c3)OCCO4)CC2)n1. The largest absolute Gasteiger partial charge is 0.486 e. The van der Waals surface area contributed by atoms with Crippen LogP contribution in [-0.4, -0.2) is 47.3 Å². The molecule has 1 amide bonds. The minimum atomic E-state index is 0.136. The summed E-state index contributed by atoms with van der Waals surface area (Å²) in [6, 6.07) is 5.71. The van der Waals surface area contributed by atoms with Crippen LogP contribution in [0.3, 0.4) is 0 Å². The van der Waals surface area contributed by atoms with Crippen LogP contribution in [0.25, 0.3) is 0 Å². The highest BCUT2D eigenvalue weighted by Crippen LogP contribution is 2.31. The standard InChI is InChI=1S/C18H21N3O4/c1-12-19-18(25-20-12)14-4-6-21(7-5-14)17(22)11-13-2-3-15-16(10-13)24-9-8-23-15/h2-3,10,14H,4-9,11H2,1H3. The Kier molecular flexibility index (Phi) is 4.29. The van der Waals surface area contributed by atoms with E-state index in [0.29, 0.717) is 31.3 Å². The second kappa shape index (κ2) is 6.74. The number of aromatic nitrogens is 2. The lowest BCUT2D eigenvalue weighted by Crippen LogP contribution is -2.38. The lowest BCUT2D eigenvalue weighted by molar-refractivity contribution is -0.131. The van der Waals surface area contributed by atoms with Gasteiger partial charge in [-0.2, -0.15) is 4.98 Å². The van der Waals surface area contributed by atoms with Crippen LogP contribution in [0.15, 0.2) is 22.7 Å². The van der Waals surface area contributed by atoms with Crippen molar-refractivity contribution in [1.82, 2.24) is 15.0 Å². The number of nitrogens with zero attached hydrogens (tertiary/aromatic N) is 3. The highest BCUT2D eigenvalue weighted by Gasteiger charge is 2.27. The first kappa shape index (κ1) is 15.9. The summed E-state index contributed by atoms with van der Waals surface area (Å²) >= 11 is 0. The summed E-state index contributed by atoms with van der Waals surface area (Å²) in [6.07, 6.45) is 2.09. The Morgan fingerprint density at radius 3 is 2.68 bits per heavy atom. The molecule has 0 bridgehead atoms. The van der Waals surface area contributed by atoms with Crippen molar-refractivity contribution >= 4 is 5.91 Å². The third kappa shape index (κ3) is 3.45. The van der Waals surface area contributed by atoms with Gasteiger partial charge in [-0.3, -0.25) is 4.79 Å². The van der Waals surface area contributed by atoms with Crippen LogP contribution in [-0.2, 0) is 11.2 Å². The maximum Gasteiger partial charge on any atom is 0.229 e. The van der Waals surface area contributed by atoms with E-state index in [2.05, 4.69) is 10.1 Å². The number of hydrogen-bond donors (Lipinski definition) is 0. The predicted molar refractivity (Wildman–Crippen MR) is 88.7 cm³/mol. The van der Waals surface area contributed by atoms with Crippen molar-refractivity contribution in [1.29, 1.82) is 0 Å². The molecule has 7 nitrogen and oxygen atoms in total. The first-order chi connectivity index (χ1) is 12.2. The minimum absolute atomic E-state index is 0.136. The number of benzene rings is 1. The van der Waals surface area contributed by atoms with E-state index >= 15 is 0 Å². The molecular weight excluding hydrogens is 322 g/mol. The van der Waals surface area contributed by atoms with E-state index in [-0.39, 0.29) is 11.8 Å². The summed E-state index contributed by atoms with van der Waals surface area (Å²) in [7, 11) is 0. The Labute approximate surface area is 145 Å². The quantitative estimate of drug-likeness (QED) is 0.849.